The van der Waals surface area contributed by atoms with Gasteiger partial charge < -0.3 is 15.2 Å². The SMILES string of the molecule is COc1ccc(CC(CN)c2cc(Cl)ccc2OC)cc1Cl. The Bertz CT molecular complexity index is 647. The maximum absolute atomic E-state index is 6.18. The van der Waals surface area contributed by atoms with E-state index in [9.17, 15) is 0 Å². The monoisotopic (exact) mass is 339 g/mol. The lowest BCUT2D eigenvalue weighted by molar-refractivity contribution is 0.405. The lowest BCUT2D eigenvalue weighted by Crippen LogP contribution is -2.16. The van der Waals surface area contributed by atoms with Crippen molar-refractivity contribution in [2.45, 2.75) is 12.3 Å². The van der Waals surface area contributed by atoms with Gasteiger partial charge in [-0.15, -0.1) is 0 Å². The average Bonchev–Trinajstić information content (AvgIpc) is 2.52. The van der Waals surface area contributed by atoms with Gasteiger partial charge in [-0.25, -0.2) is 0 Å². The van der Waals surface area contributed by atoms with E-state index < -0.39 is 0 Å². The number of hydrogen-bond acceptors (Lipinski definition) is 3. The molecular formula is C17H19Cl2NO2. The summed E-state index contributed by atoms with van der Waals surface area (Å²) in [5.74, 6) is 1.55. The Morgan fingerprint density at radius 1 is 1.00 bits per heavy atom. The minimum atomic E-state index is 0.0955. The third-order valence-electron chi connectivity index (χ3n) is 3.61. The first-order valence-corrected chi connectivity index (χ1v) is 7.70. The highest BCUT2D eigenvalue weighted by molar-refractivity contribution is 6.32. The standard InChI is InChI=1S/C17H19Cl2NO2/c1-21-16-6-4-13(18)9-14(16)12(10-20)7-11-3-5-17(22-2)15(19)8-11/h3-6,8-9,12H,7,10,20H2,1-2H3. The molecular weight excluding hydrogens is 321 g/mol. The number of nitrogens with two attached hydrogens (primary N) is 1. The van der Waals surface area contributed by atoms with Crippen molar-refractivity contribution in [1.29, 1.82) is 0 Å². The van der Waals surface area contributed by atoms with Crippen LogP contribution in [0.15, 0.2) is 36.4 Å². The number of methoxy groups -OCH3 is 2. The van der Waals surface area contributed by atoms with Crippen molar-refractivity contribution < 1.29 is 9.47 Å². The van der Waals surface area contributed by atoms with E-state index in [1.807, 2.05) is 36.4 Å². The second-order valence-corrected chi connectivity index (χ2v) is 5.84. The molecule has 0 saturated carbocycles. The lowest BCUT2D eigenvalue weighted by Gasteiger charge is -2.19. The molecule has 0 aliphatic rings. The van der Waals surface area contributed by atoms with Gasteiger partial charge in [0.1, 0.15) is 11.5 Å². The van der Waals surface area contributed by atoms with Gasteiger partial charge in [-0.05, 0) is 48.9 Å². The molecule has 22 heavy (non-hydrogen) atoms. The first-order chi connectivity index (χ1) is 10.6. The summed E-state index contributed by atoms with van der Waals surface area (Å²) in [6.07, 6.45) is 0.747. The third kappa shape index (κ3) is 3.86. The number of ether oxygens (including phenoxy) is 2. The second-order valence-electron chi connectivity index (χ2n) is 4.99. The molecule has 0 saturated heterocycles. The predicted octanol–water partition coefficient (Wildman–Crippen LogP) is 4.30. The fraction of sp³-hybridized carbons (Fsp3) is 0.294. The van der Waals surface area contributed by atoms with Gasteiger partial charge >= 0.3 is 0 Å². The molecule has 5 heteroatoms. The van der Waals surface area contributed by atoms with Gasteiger partial charge in [-0.2, -0.15) is 0 Å². The Kier molecular flexibility index (Phi) is 5.95. The highest BCUT2D eigenvalue weighted by Gasteiger charge is 2.17. The number of halogens is 2. The molecule has 118 valence electrons. The topological polar surface area (TPSA) is 44.5 Å². The van der Waals surface area contributed by atoms with Crippen molar-refractivity contribution in [3.05, 3.63) is 57.6 Å². The molecule has 2 aromatic rings. The van der Waals surface area contributed by atoms with Crippen molar-refractivity contribution in [1.82, 2.24) is 0 Å². The van der Waals surface area contributed by atoms with Gasteiger partial charge in [0.25, 0.3) is 0 Å². The van der Waals surface area contributed by atoms with Gasteiger partial charge in [-0.1, -0.05) is 29.3 Å². The van der Waals surface area contributed by atoms with Crippen LogP contribution in [0.5, 0.6) is 11.5 Å². The van der Waals surface area contributed by atoms with Crippen LogP contribution in [0.1, 0.15) is 17.0 Å². The normalized spacial score (nSPS) is 12.0. The van der Waals surface area contributed by atoms with Gasteiger partial charge in [-0.3, -0.25) is 0 Å². The lowest BCUT2D eigenvalue weighted by atomic mass is 9.91. The summed E-state index contributed by atoms with van der Waals surface area (Å²) in [6, 6.07) is 11.3. The molecule has 0 amide bonds. The molecule has 0 bridgehead atoms. The van der Waals surface area contributed by atoms with E-state index in [0.29, 0.717) is 22.3 Å². The summed E-state index contributed by atoms with van der Waals surface area (Å²) < 4.78 is 10.6. The summed E-state index contributed by atoms with van der Waals surface area (Å²) >= 11 is 12.3. The molecule has 0 radical (unpaired) electrons. The molecule has 2 rings (SSSR count). The summed E-state index contributed by atoms with van der Waals surface area (Å²) in [4.78, 5) is 0. The van der Waals surface area contributed by atoms with Crippen LogP contribution < -0.4 is 15.2 Å². The minimum absolute atomic E-state index is 0.0955. The molecule has 1 atom stereocenters. The number of rotatable bonds is 6. The fourth-order valence-corrected chi connectivity index (χ4v) is 2.93. The Morgan fingerprint density at radius 3 is 2.27 bits per heavy atom. The molecule has 3 nitrogen and oxygen atoms in total. The maximum Gasteiger partial charge on any atom is 0.137 e. The molecule has 1 unspecified atom stereocenters. The molecule has 0 spiro atoms. The van der Waals surface area contributed by atoms with Crippen molar-refractivity contribution >= 4 is 23.2 Å². The first-order valence-electron chi connectivity index (χ1n) is 6.95. The third-order valence-corrected chi connectivity index (χ3v) is 4.14. The fourth-order valence-electron chi connectivity index (χ4n) is 2.47. The second kappa shape index (κ2) is 7.73. The molecule has 0 aliphatic heterocycles. The van der Waals surface area contributed by atoms with Crippen LogP contribution in [-0.2, 0) is 6.42 Å². The van der Waals surface area contributed by atoms with Crippen molar-refractivity contribution in [2.75, 3.05) is 20.8 Å². The minimum Gasteiger partial charge on any atom is -0.496 e. The zero-order valence-corrected chi connectivity index (χ0v) is 14.1. The maximum atomic E-state index is 6.18. The van der Waals surface area contributed by atoms with Gasteiger partial charge in [0.05, 0.1) is 19.2 Å². The van der Waals surface area contributed by atoms with Crippen LogP contribution >= 0.6 is 23.2 Å². The average molecular weight is 340 g/mol. The van der Waals surface area contributed by atoms with Crippen LogP contribution in [0, 0.1) is 0 Å². The van der Waals surface area contributed by atoms with Crippen LogP contribution in [0.4, 0.5) is 0 Å². The molecule has 0 heterocycles. The van der Waals surface area contributed by atoms with Crippen molar-refractivity contribution in [2.24, 2.45) is 5.73 Å². The largest absolute Gasteiger partial charge is 0.496 e. The smallest absolute Gasteiger partial charge is 0.137 e. The zero-order valence-electron chi connectivity index (χ0n) is 12.6. The predicted molar refractivity (Wildman–Crippen MR) is 91.5 cm³/mol. The van der Waals surface area contributed by atoms with Crippen LogP contribution in [0.25, 0.3) is 0 Å². The molecule has 0 fully saturated rings. The Balaban J connectivity index is 2.29. The quantitative estimate of drug-likeness (QED) is 0.853. The zero-order chi connectivity index (χ0) is 16.1. The molecule has 0 aromatic heterocycles. The Labute approximate surface area is 140 Å². The number of benzene rings is 2. The van der Waals surface area contributed by atoms with Gasteiger partial charge in [0.2, 0.25) is 0 Å². The van der Waals surface area contributed by atoms with E-state index >= 15 is 0 Å². The molecule has 0 aliphatic carbocycles. The number of hydrogen-bond donors (Lipinski definition) is 1. The van der Waals surface area contributed by atoms with Crippen LogP contribution in [0.2, 0.25) is 10.0 Å². The molecule has 2 aromatic carbocycles. The van der Waals surface area contributed by atoms with Crippen LogP contribution in [-0.4, -0.2) is 20.8 Å². The summed E-state index contributed by atoms with van der Waals surface area (Å²) in [7, 11) is 3.24. The highest BCUT2D eigenvalue weighted by atomic mass is 35.5. The first kappa shape index (κ1) is 16.9. The summed E-state index contributed by atoms with van der Waals surface area (Å²) in [5.41, 5.74) is 8.05. The Morgan fingerprint density at radius 2 is 1.68 bits per heavy atom. The Hall–Kier alpha value is -1.42. The van der Waals surface area contributed by atoms with E-state index in [2.05, 4.69) is 0 Å². The highest BCUT2D eigenvalue weighted by Crippen LogP contribution is 2.33. The van der Waals surface area contributed by atoms with E-state index in [0.717, 1.165) is 23.3 Å². The summed E-state index contributed by atoms with van der Waals surface area (Å²) in [6.45, 7) is 0.486. The van der Waals surface area contributed by atoms with Crippen molar-refractivity contribution in [3.8, 4) is 11.5 Å². The van der Waals surface area contributed by atoms with Gasteiger partial charge in [0, 0.05) is 16.5 Å². The van der Waals surface area contributed by atoms with Crippen molar-refractivity contribution in [3.63, 3.8) is 0 Å². The summed E-state index contributed by atoms with van der Waals surface area (Å²) in [5, 5.41) is 1.26. The van der Waals surface area contributed by atoms with E-state index in [1.54, 1.807) is 14.2 Å². The van der Waals surface area contributed by atoms with E-state index in [4.69, 9.17) is 38.4 Å². The van der Waals surface area contributed by atoms with E-state index in [1.165, 1.54) is 0 Å². The molecule has 2 N–H and O–H groups in total. The van der Waals surface area contributed by atoms with Crippen LogP contribution in [0.3, 0.4) is 0 Å². The van der Waals surface area contributed by atoms with Gasteiger partial charge in [0.15, 0.2) is 0 Å². The van der Waals surface area contributed by atoms with E-state index in [-0.39, 0.29) is 5.92 Å².